The van der Waals surface area contributed by atoms with Crippen molar-refractivity contribution < 1.29 is 24.5 Å². The molecule has 1 radical (unpaired) electrons. The molecule has 0 aliphatic rings. The Balaban J connectivity index is 0.000000243. The topological polar surface area (TPSA) is 56.7 Å². The van der Waals surface area contributed by atoms with Gasteiger partial charge in [0.15, 0.2) is 0 Å². The van der Waals surface area contributed by atoms with Gasteiger partial charge in [-0.15, -0.1) is 18.2 Å². The Labute approximate surface area is 374 Å². The summed E-state index contributed by atoms with van der Waals surface area (Å²) in [6.45, 7) is 22.5. The van der Waals surface area contributed by atoms with Gasteiger partial charge < -0.3 is 8.98 Å². The maximum atomic E-state index is 6.48. The van der Waals surface area contributed by atoms with Gasteiger partial charge in [0.05, 0.1) is 28.6 Å². The molecule has 4 heterocycles. The molecule has 0 aliphatic heterocycles. The molecule has 0 fully saturated rings. The second-order valence-corrected chi connectivity index (χ2v) is 29.8. The Morgan fingerprint density at radius 3 is 2.07 bits per heavy atom. The van der Waals surface area contributed by atoms with Gasteiger partial charge in [-0.2, -0.15) is 0 Å². The molecule has 8 rings (SSSR count). The van der Waals surface area contributed by atoms with Crippen LogP contribution in [-0.2, 0) is 31.9 Å². The number of para-hydroxylation sites is 1. The average molecular weight is 1030 g/mol. The molecular weight excluding hydrogens is 973 g/mol. The number of aromatic nitrogens is 4. The Morgan fingerprint density at radius 2 is 1.45 bits per heavy atom. The average Bonchev–Trinajstić information content (AvgIpc) is 3.75. The van der Waals surface area contributed by atoms with Crippen LogP contribution in [0.1, 0.15) is 102 Å². The summed E-state index contributed by atoms with van der Waals surface area (Å²) in [6, 6.07) is 36.3. The molecule has 4 aromatic carbocycles. The van der Waals surface area contributed by atoms with Crippen LogP contribution in [0, 0.1) is 25.0 Å². The third-order valence-electron chi connectivity index (χ3n) is 11.1. The van der Waals surface area contributed by atoms with E-state index in [1.165, 1.54) is 27.9 Å². The minimum atomic E-state index is -1.86. The maximum absolute atomic E-state index is 6.48. The molecule has 5 nitrogen and oxygen atoms in total. The normalized spacial score (nSPS) is 12.1. The van der Waals surface area contributed by atoms with Gasteiger partial charge in [-0.25, -0.2) is 0 Å². The fourth-order valence-electron chi connectivity index (χ4n) is 8.10. The number of benzene rings is 4. The van der Waals surface area contributed by atoms with Crippen LogP contribution < -0.4 is 4.40 Å². The molecule has 0 amide bonds. The molecule has 8 aromatic rings. The first-order valence-electron chi connectivity index (χ1n) is 21.2. The predicted molar refractivity (Wildman–Crippen MR) is 252 cm³/mol. The zero-order valence-electron chi connectivity index (χ0n) is 37.7. The second-order valence-electron chi connectivity index (χ2n) is 19.2. The van der Waals surface area contributed by atoms with Crippen molar-refractivity contribution >= 4 is 50.6 Å². The van der Waals surface area contributed by atoms with Gasteiger partial charge in [-0.05, 0) is 42.0 Å². The number of hydrogen-bond acceptors (Lipinski definition) is 4. The molecule has 60 heavy (non-hydrogen) atoms. The minimum absolute atomic E-state index is 0. The van der Waals surface area contributed by atoms with Crippen molar-refractivity contribution in [3.63, 3.8) is 0 Å². The van der Waals surface area contributed by atoms with Crippen LogP contribution in [0.5, 0.6) is 0 Å². The van der Waals surface area contributed by atoms with Crippen LogP contribution in [-0.4, -0.2) is 32.8 Å². The molecule has 0 atom stereocenters. The van der Waals surface area contributed by atoms with Gasteiger partial charge in [0, 0.05) is 42.3 Å². The summed E-state index contributed by atoms with van der Waals surface area (Å²) in [5.74, 6) is 9.48. The predicted octanol–water partition coefficient (Wildman–Crippen LogP) is 13.9. The quantitative estimate of drug-likeness (QED) is 0.112. The van der Waals surface area contributed by atoms with E-state index in [-0.39, 0.29) is 25.5 Å². The van der Waals surface area contributed by atoms with Crippen molar-refractivity contribution in [2.24, 2.45) is 5.92 Å². The first-order chi connectivity index (χ1) is 27.9. The Morgan fingerprint density at radius 1 is 0.767 bits per heavy atom. The smallest absolute Gasteiger partial charge is 0.120 e. The Kier molecular flexibility index (Phi) is 13.5. The van der Waals surface area contributed by atoms with Crippen LogP contribution in [0.3, 0.4) is 0 Å². The van der Waals surface area contributed by atoms with Gasteiger partial charge in [-0.1, -0.05) is 95.3 Å². The monoisotopic (exact) mass is 1040 g/mol. The van der Waals surface area contributed by atoms with Crippen LogP contribution in [0.4, 0.5) is 0 Å². The van der Waals surface area contributed by atoms with E-state index >= 15 is 0 Å². The number of aryl methyl sites for hydroxylation is 1. The van der Waals surface area contributed by atoms with Crippen LogP contribution >= 0.6 is 0 Å². The molecule has 0 bridgehead atoms. The molecular formula is C53H60GeIrN4O-2. The number of pyridine rings is 2. The number of hydrogen-bond donors (Lipinski definition) is 0. The molecule has 313 valence electrons. The molecule has 0 N–H and O–H groups in total. The third kappa shape index (κ3) is 9.27. The SMILES string of the molecule is CC(C)Cc1cc(-c2[c-]cccc2)nc[c]1[Ge]([CH3])([CH3])[CH3].Cc1cc(C(C)C)c(-n2c(-c3[c-]ccc4c3oc3ccccc34)nc3cnc(C(C)(C)C)cc32)c(C(C)C)c1.[Ir]. The van der Waals surface area contributed by atoms with E-state index in [1.54, 1.807) is 4.40 Å². The second kappa shape index (κ2) is 17.9. The fraction of sp³-hybridized carbons (Fsp3) is 0.340. The minimum Gasteiger partial charge on any atom is -0.501 e. The summed E-state index contributed by atoms with van der Waals surface area (Å²) in [4.78, 5) is 14.8. The number of fused-ring (bicyclic) bond motifs is 4. The van der Waals surface area contributed by atoms with Gasteiger partial charge >= 0.3 is 126 Å². The number of imidazole rings is 1. The first kappa shape index (κ1) is 45.2. The van der Waals surface area contributed by atoms with E-state index in [1.807, 2.05) is 42.6 Å². The third-order valence-corrected chi connectivity index (χ3v) is 15.4. The zero-order valence-corrected chi connectivity index (χ0v) is 42.2. The molecule has 4 aromatic heterocycles. The van der Waals surface area contributed by atoms with Crippen molar-refractivity contribution in [3.05, 3.63) is 137 Å². The van der Waals surface area contributed by atoms with Gasteiger partial charge in [0.2, 0.25) is 0 Å². The van der Waals surface area contributed by atoms with Crippen molar-refractivity contribution in [2.45, 2.75) is 110 Å². The van der Waals surface area contributed by atoms with Crippen molar-refractivity contribution in [3.8, 4) is 28.3 Å². The standard InChI is InChI=1S/C35H36N3O.C18H24GeN.Ir/c1-20(2)26-16-22(5)17-27(21(3)4)32(26)38-29-18-31(35(6,7)8)36-19-28(29)37-34(38)25-14-11-13-24-23-12-9-10-15-30(23)39-33(24)25;1-14(2)11-16-12-18(15-9-7-6-8-10-15)20-13-17(16)19(3,4)5;/h9-13,15-21H,1-8H3;6-9,12-14H,11H2,1-5H3;/q2*-1;. The van der Waals surface area contributed by atoms with E-state index in [9.17, 15) is 0 Å². The van der Waals surface area contributed by atoms with E-state index in [2.05, 4.69) is 158 Å². The fourth-order valence-corrected chi connectivity index (χ4v) is 11.4. The number of furan rings is 1. The molecule has 0 spiro atoms. The Bertz CT molecular complexity index is 2740. The van der Waals surface area contributed by atoms with Gasteiger partial charge in [0.1, 0.15) is 5.58 Å². The summed E-state index contributed by atoms with van der Waals surface area (Å²) >= 11 is -1.86. The summed E-state index contributed by atoms with van der Waals surface area (Å²) in [6.07, 6.45) is 5.20. The van der Waals surface area contributed by atoms with Crippen LogP contribution in [0.2, 0.25) is 17.3 Å². The summed E-state index contributed by atoms with van der Waals surface area (Å²) in [5, 5.41) is 2.17. The zero-order chi connectivity index (χ0) is 42.4. The van der Waals surface area contributed by atoms with Crippen molar-refractivity contribution in [1.29, 1.82) is 0 Å². The van der Waals surface area contributed by atoms with E-state index in [4.69, 9.17) is 19.4 Å². The van der Waals surface area contributed by atoms with Crippen molar-refractivity contribution in [1.82, 2.24) is 19.5 Å². The molecule has 0 saturated heterocycles. The summed E-state index contributed by atoms with van der Waals surface area (Å²) < 4.78 is 10.4. The van der Waals surface area contributed by atoms with E-state index in [0.29, 0.717) is 17.8 Å². The molecule has 0 aliphatic carbocycles. The molecule has 0 saturated carbocycles. The van der Waals surface area contributed by atoms with Crippen LogP contribution in [0.15, 0.2) is 102 Å². The number of rotatable bonds is 8. The maximum Gasteiger partial charge on any atom is 0.120 e. The summed E-state index contributed by atoms with van der Waals surface area (Å²) in [5.41, 5.74) is 14.1. The molecule has 7 heteroatoms. The first-order valence-corrected chi connectivity index (χ1v) is 28.6. The molecule has 0 unspecified atom stereocenters. The largest absolute Gasteiger partial charge is 0.501 e. The Hall–Kier alpha value is -4.36. The van der Waals surface area contributed by atoms with Gasteiger partial charge in [-0.3, -0.25) is 9.97 Å². The van der Waals surface area contributed by atoms with Crippen LogP contribution in [0.25, 0.3) is 61.3 Å². The summed E-state index contributed by atoms with van der Waals surface area (Å²) in [7, 11) is 0. The number of nitrogens with zero attached hydrogens (tertiary/aromatic N) is 4. The van der Waals surface area contributed by atoms with E-state index < -0.39 is 13.3 Å². The van der Waals surface area contributed by atoms with Gasteiger partial charge in [0.25, 0.3) is 0 Å². The van der Waals surface area contributed by atoms with E-state index in [0.717, 1.165) is 67.7 Å². The van der Waals surface area contributed by atoms with Crippen molar-refractivity contribution in [2.75, 3.05) is 0 Å².